The Labute approximate surface area is 211 Å². The van der Waals surface area contributed by atoms with E-state index >= 15 is 0 Å². The first-order chi connectivity index (χ1) is 16.9. The number of nitrogens with zero attached hydrogens (tertiary/aromatic N) is 2. The van der Waals surface area contributed by atoms with Gasteiger partial charge >= 0.3 is 6.03 Å². The molecule has 3 fully saturated rings. The molecular weight excluding hydrogens is 466 g/mol. The van der Waals surface area contributed by atoms with Crippen LogP contribution in [-0.4, -0.2) is 59.1 Å². The summed E-state index contributed by atoms with van der Waals surface area (Å²) in [6.45, 7) is 2.66. The molecule has 0 spiro atoms. The molecule has 0 radical (unpaired) electrons. The number of halogens is 1. The first kappa shape index (κ1) is 23.9. The second-order valence-corrected chi connectivity index (χ2v) is 10.5. The number of hydrogen-bond donors (Lipinski definition) is 2. The van der Waals surface area contributed by atoms with Crippen LogP contribution in [0.3, 0.4) is 0 Å². The summed E-state index contributed by atoms with van der Waals surface area (Å²) in [5, 5.41) is 14.1. The Bertz CT molecular complexity index is 1110. The van der Waals surface area contributed by atoms with Crippen LogP contribution >= 0.6 is 11.6 Å². The maximum atomic E-state index is 13.8. The van der Waals surface area contributed by atoms with Crippen molar-refractivity contribution in [3.63, 3.8) is 0 Å². The molecule has 0 bridgehead atoms. The van der Waals surface area contributed by atoms with Gasteiger partial charge in [0, 0.05) is 36.2 Å². The summed E-state index contributed by atoms with van der Waals surface area (Å²) >= 11 is 6.49. The van der Waals surface area contributed by atoms with E-state index in [1.165, 1.54) is 4.90 Å². The highest BCUT2D eigenvalue weighted by Crippen LogP contribution is 2.40. The molecule has 5 rings (SSSR count). The maximum absolute atomic E-state index is 13.8. The third kappa shape index (κ3) is 4.84. The number of methoxy groups -OCH3 is 1. The normalized spacial score (nSPS) is 23.5. The van der Waals surface area contributed by atoms with Crippen molar-refractivity contribution >= 4 is 23.5 Å². The Hall–Kier alpha value is -2.77. The van der Waals surface area contributed by atoms with Gasteiger partial charge < -0.3 is 15.2 Å². The van der Waals surface area contributed by atoms with Crippen LogP contribution in [0.2, 0.25) is 5.02 Å². The number of likely N-dealkylation sites (tertiary alicyclic amines) is 1. The third-order valence-corrected chi connectivity index (χ3v) is 8.11. The van der Waals surface area contributed by atoms with Gasteiger partial charge in [0.2, 0.25) is 0 Å². The number of carbonyl (C=O) groups is 2. The second-order valence-electron chi connectivity index (χ2n) is 10.1. The molecule has 1 saturated carbocycles. The Kier molecular flexibility index (Phi) is 6.64. The average molecular weight is 498 g/mol. The Morgan fingerprint density at radius 3 is 2.49 bits per heavy atom. The molecule has 7 nitrogen and oxygen atoms in total. The SMILES string of the molecule is COc1ccc(CN2CCC(C3(Cc4ccccc4Cl)NC(=O)N(CC4CC4)C3=O)CC2)c(O)c1. The Morgan fingerprint density at radius 1 is 1.09 bits per heavy atom. The van der Waals surface area contributed by atoms with Gasteiger partial charge in [-0.15, -0.1) is 0 Å². The van der Waals surface area contributed by atoms with Crippen molar-refractivity contribution in [2.45, 2.75) is 44.2 Å². The van der Waals surface area contributed by atoms with Gasteiger partial charge in [0.1, 0.15) is 17.0 Å². The lowest BCUT2D eigenvalue weighted by molar-refractivity contribution is -0.134. The van der Waals surface area contributed by atoms with Crippen molar-refractivity contribution in [1.82, 2.24) is 15.1 Å². The first-order valence-electron chi connectivity index (χ1n) is 12.4. The zero-order valence-electron chi connectivity index (χ0n) is 20.0. The smallest absolute Gasteiger partial charge is 0.325 e. The monoisotopic (exact) mass is 497 g/mol. The van der Waals surface area contributed by atoms with Crippen LogP contribution in [0.25, 0.3) is 0 Å². The molecule has 8 heteroatoms. The number of ether oxygens (including phenoxy) is 1. The molecule has 3 aliphatic rings. The van der Waals surface area contributed by atoms with Crippen molar-refractivity contribution in [2.75, 3.05) is 26.7 Å². The number of aromatic hydroxyl groups is 1. The number of phenols is 1. The highest BCUT2D eigenvalue weighted by atomic mass is 35.5. The number of piperidine rings is 1. The summed E-state index contributed by atoms with van der Waals surface area (Å²) in [7, 11) is 1.58. The Morgan fingerprint density at radius 2 is 1.83 bits per heavy atom. The zero-order valence-corrected chi connectivity index (χ0v) is 20.8. The van der Waals surface area contributed by atoms with Crippen LogP contribution in [0.1, 0.15) is 36.8 Å². The number of amides is 3. The lowest BCUT2D eigenvalue weighted by Crippen LogP contribution is -2.57. The van der Waals surface area contributed by atoms with Crippen molar-refractivity contribution in [3.05, 3.63) is 58.6 Å². The van der Waals surface area contributed by atoms with Gasteiger partial charge in [0.25, 0.3) is 5.91 Å². The van der Waals surface area contributed by atoms with Crippen molar-refractivity contribution in [3.8, 4) is 11.5 Å². The summed E-state index contributed by atoms with van der Waals surface area (Å²) in [6, 6.07) is 12.6. The number of carbonyl (C=O) groups excluding carboxylic acids is 2. The number of phenolic OH excluding ortho intramolecular Hbond substituents is 1. The minimum absolute atomic E-state index is 0.000130. The fraction of sp³-hybridized carbons (Fsp3) is 0.481. The van der Waals surface area contributed by atoms with E-state index in [1.54, 1.807) is 13.2 Å². The van der Waals surface area contributed by atoms with Gasteiger partial charge in [-0.2, -0.15) is 0 Å². The number of benzene rings is 2. The van der Waals surface area contributed by atoms with Crippen LogP contribution in [0.4, 0.5) is 4.79 Å². The van der Waals surface area contributed by atoms with Crippen LogP contribution in [0, 0.1) is 11.8 Å². The van der Waals surface area contributed by atoms with E-state index in [9.17, 15) is 14.7 Å². The van der Waals surface area contributed by atoms with E-state index in [1.807, 2.05) is 36.4 Å². The lowest BCUT2D eigenvalue weighted by atomic mass is 9.73. The lowest BCUT2D eigenvalue weighted by Gasteiger charge is -2.41. The summed E-state index contributed by atoms with van der Waals surface area (Å²) in [5.74, 6) is 1.16. The first-order valence-corrected chi connectivity index (χ1v) is 12.7. The molecule has 3 amide bonds. The summed E-state index contributed by atoms with van der Waals surface area (Å²) in [6.07, 6.45) is 4.08. The van der Waals surface area contributed by atoms with Crippen LogP contribution in [-0.2, 0) is 17.8 Å². The molecule has 2 aliphatic heterocycles. The van der Waals surface area contributed by atoms with E-state index in [4.69, 9.17) is 16.3 Å². The number of hydrogen-bond acceptors (Lipinski definition) is 5. The van der Waals surface area contributed by atoms with Gasteiger partial charge in [-0.1, -0.05) is 35.9 Å². The average Bonchev–Trinajstić information content (AvgIpc) is 3.65. The third-order valence-electron chi connectivity index (χ3n) is 7.74. The molecular formula is C27H32ClN3O4. The van der Waals surface area contributed by atoms with Crippen LogP contribution < -0.4 is 10.1 Å². The van der Waals surface area contributed by atoms with Gasteiger partial charge in [-0.05, 0) is 68.3 Å². The van der Waals surface area contributed by atoms with Gasteiger partial charge in [0.15, 0.2) is 0 Å². The molecule has 186 valence electrons. The van der Waals surface area contributed by atoms with Crippen molar-refractivity contribution in [1.29, 1.82) is 0 Å². The van der Waals surface area contributed by atoms with Gasteiger partial charge in [0.05, 0.1) is 7.11 Å². The van der Waals surface area contributed by atoms with E-state index < -0.39 is 5.54 Å². The number of rotatable bonds is 8. The fourth-order valence-corrected chi connectivity index (χ4v) is 5.68. The molecule has 35 heavy (non-hydrogen) atoms. The minimum atomic E-state index is -0.981. The quantitative estimate of drug-likeness (QED) is 0.534. The number of imide groups is 1. The van der Waals surface area contributed by atoms with Gasteiger partial charge in [-0.25, -0.2) is 4.79 Å². The van der Waals surface area contributed by atoms with E-state index in [-0.39, 0.29) is 23.6 Å². The highest BCUT2D eigenvalue weighted by Gasteiger charge is 2.56. The van der Waals surface area contributed by atoms with E-state index in [0.29, 0.717) is 36.2 Å². The van der Waals surface area contributed by atoms with Crippen molar-refractivity contribution in [2.24, 2.45) is 11.8 Å². The van der Waals surface area contributed by atoms with Gasteiger partial charge in [-0.3, -0.25) is 14.6 Å². The molecule has 2 N–H and O–H groups in total. The summed E-state index contributed by atoms with van der Waals surface area (Å²) in [5.41, 5.74) is 0.739. The molecule has 0 aromatic heterocycles. The molecule has 2 saturated heterocycles. The fourth-order valence-electron chi connectivity index (χ4n) is 5.48. The summed E-state index contributed by atoms with van der Waals surface area (Å²) < 4.78 is 5.18. The molecule has 2 heterocycles. The standard InChI is InChI=1S/C27H32ClN3O4/c1-35-22-9-8-20(24(32)14-22)17-30-12-10-21(11-13-30)27(15-19-4-2-3-5-23(19)28)25(33)31(26(34)29-27)16-18-6-7-18/h2-5,8-9,14,18,21,32H,6-7,10-13,15-17H2,1H3,(H,29,34). The second kappa shape index (κ2) is 9.70. The van der Waals surface area contributed by atoms with Crippen LogP contribution in [0.15, 0.2) is 42.5 Å². The number of nitrogens with one attached hydrogen (secondary N) is 1. The molecule has 1 atom stereocenters. The predicted molar refractivity (Wildman–Crippen MR) is 134 cm³/mol. The largest absolute Gasteiger partial charge is 0.507 e. The topological polar surface area (TPSA) is 82.1 Å². The molecule has 2 aromatic carbocycles. The number of urea groups is 1. The highest BCUT2D eigenvalue weighted by molar-refractivity contribution is 6.31. The Balaban J connectivity index is 1.34. The zero-order chi connectivity index (χ0) is 24.6. The predicted octanol–water partition coefficient (Wildman–Crippen LogP) is 4.21. The van der Waals surface area contributed by atoms with Crippen LogP contribution in [0.5, 0.6) is 11.5 Å². The molecule has 1 unspecified atom stereocenters. The molecule has 1 aliphatic carbocycles. The van der Waals surface area contributed by atoms with Crippen molar-refractivity contribution < 1.29 is 19.4 Å². The minimum Gasteiger partial charge on any atom is -0.507 e. The summed E-state index contributed by atoms with van der Waals surface area (Å²) in [4.78, 5) is 30.5. The van der Waals surface area contributed by atoms with E-state index in [0.717, 1.165) is 49.9 Å². The van der Waals surface area contributed by atoms with E-state index in [2.05, 4.69) is 10.2 Å². The maximum Gasteiger partial charge on any atom is 0.325 e. The molecule has 2 aromatic rings.